The minimum absolute atomic E-state index is 0.423. The molecule has 0 saturated heterocycles. The first kappa shape index (κ1) is 15.4. The Morgan fingerprint density at radius 3 is 2.29 bits per heavy atom. The summed E-state index contributed by atoms with van der Waals surface area (Å²) in [5.74, 6) is -1.53. The summed E-state index contributed by atoms with van der Waals surface area (Å²) in [6, 6.07) is 7.28. The van der Waals surface area contributed by atoms with Crippen LogP contribution in [0.1, 0.15) is 31.9 Å². The number of amides is 1. The molecule has 0 unspecified atom stereocenters. The summed E-state index contributed by atoms with van der Waals surface area (Å²) in [6.45, 7) is 5.33. The Morgan fingerprint density at radius 2 is 1.76 bits per heavy atom. The fourth-order valence-electron chi connectivity index (χ4n) is 2.58. The van der Waals surface area contributed by atoms with Gasteiger partial charge in [-0.25, -0.2) is 4.79 Å². The number of hydrogen-bond acceptors (Lipinski definition) is 3. The highest BCUT2D eigenvalue weighted by Crippen LogP contribution is 2.26. The zero-order chi connectivity index (χ0) is 15.6. The van der Waals surface area contributed by atoms with Crippen molar-refractivity contribution >= 4 is 12.1 Å². The molecule has 1 aromatic carbocycles. The van der Waals surface area contributed by atoms with Gasteiger partial charge >= 0.3 is 12.1 Å². The maximum atomic E-state index is 11.9. The third-order valence-corrected chi connectivity index (χ3v) is 3.50. The van der Waals surface area contributed by atoms with Gasteiger partial charge in [0.05, 0.1) is 5.92 Å². The van der Waals surface area contributed by atoms with Crippen LogP contribution < -0.4 is 5.32 Å². The van der Waals surface area contributed by atoms with Crippen LogP contribution in [0.3, 0.4) is 0 Å². The third-order valence-electron chi connectivity index (χ3n) is 3.50. The predicted molar refractivity (Wildman–Crippen MR) is 78.1 cm³/mol. The molecular weight excluding hydrogens is 270 g/mol. The summed E-state index contributed by atoms with van der Waals surface area (Å²) >= 11 is 0. The lowest BCUT2D eigenvalue weighted by Gasteiger charge is -2.31. The monoisotopic (exact) mass is 291 g/mol. The van der Waals surface area contributed by atoms with E-state index in [0.29, 0.717) is 12.8 Å². The fraction of sp³-hybridized carbons (Fsp3) is 0.500. The zero-order valence-electron chi connectivity index (χ0n) is 12.6. The topological polar surface area (TPSA) is 75.6 Å². The summed E-state index contributed by atoms with van der Waals surface area (Å²) < 4.78 is 5.21. The van der Waals surface area contributed by atoms with Crippen molar-refractivity contribution in [2.45, 2.75) is 45.3 Å². The molecule has 2 rings (SSSR count). The second-order valence-electron chi connectivity index (χ2n) is 6.37. The van der Waals surface area contributed by atoms with Gasteiger partial charge in [0, 0.05) is 6.04 Å². The molecule has 1 aliphatic carbocycles. The molecule has 2 atom stereocenters. The molecule has 5 heteroatoms. The molecule has 0 fully saturated rings. The largest absolute Gasteiger partial charge is 0.481 e. The number of rotatable bonds is 2. The number of alkyl carbamates (subject to hydrolysis) is 1. The standard InChI is InChI=1S/C16H21NO4/c1-16(2,3)21-15(20)17-13-9-11-7-5-4-6-10(11)8-12(13)14(18)19/h4-7,12-13H,8-9H2,1-3H3,(H,17,20)(H,18,19)/t12-,13+/m1/s1. The Balaban J connectivity index is 2.14. The van der Waals surface area contributed by atoms with Gasteiger partial charge in [-0.2, -0.15) is 0 Å². The van der Waals surface area contributed by atoms with E-state index in [2.05, 4.69) is 5.32 Å². The van der Waals surface area contributed by atoms with E-state index in [-0.39, 0.29) is 0 Å². The summed E-state index contributed by atoms with van der Waals surface area (Å²) in [5.41, 5.74) is 1.51. The highest BCUT2D eigenvalue weighted by Gasteiger charge is 2.35. The van der Waals surface area contributed by atoms with Crippen LogP contribution in [0.25, 0.3) is 0 Å². The lowest BCUT2D eigenvalue weighted by atomic mass is 9.80. The molecule has 1 amide bonds. The Bertz CT molecular complexity index is 547. The first-order valence-corrected chi connectivity index (χ1v) is 7.05. The molecule has 0 aliphatic heterocycles. The van der Waals surface area contributed by atoms with E-state index in [9.17, 15) is 14.7 Å². The molecule has 0 aromatic heterocycles. The molecule has 2 N–H and O–H groups in total. The van der Waals surface area contributed by atoms with E-state index in [4.69, 9.17) is 4.74 Å². The van der Waals surface area contributed by atoms with E-state index >= 15 is 0 Å². The highest BCUT2D eigenvalue weighted by molar-refractivity contribution is 5.74. The molecule has 114 valence electrons. The maximum Gasteiger partial charge on any atom is 0.407 e. The van der Waals surface area contributed by atoms with Gasteiger partial charge in [0.15, 0.2) is 0 Å². The van der Waals surface area contributed by atoms with Gasteiger partial charge in [-0.1, -0.05) is 24.3 Å². The van der Waals surface area contributed by atoms with Gasteiger partial charge in [0.2, 0.25) is 0 Å². The molecule has 1 aromatic rings. The molecule has 0 heterocycles. The van der Waals surface area contributed by atoms with Crippen LogP contribution >= 0.6 is 0 Å². The van der Waals surface area contributed by atoms with Crippen molar-refractivity contribution in [2.24, 2.45) is 5.92 Å². The van der Waals surface area contributed by atoms with Gasteiger partial charge in [-0.15, -0.1) is 0 Å². The number of carbonyl (C=O) groups is 2. The molecule has 0 saturated carbocycles. The SMILES string of the molecule is CC(C)(C)OC(=O)N[C@H]1Cc2ccccc2C[C@H]1C(=O)O. The molecule has 5 nitrogen and oxygen atoms in total. The van der Waals surface area contributed by atoms with Crippen molar-refractivity contribution < 1.29 is 19.4 Å². The smallest absolute Gasteiger partial charge is 0.407 e. The van der Waals surface area contributed by atoms with Crippen LogP contribution in [0.15, 0.2) is 24.3 Å². The normalized spacial score (nSPS) is 21.3. The molecular formula is C16H21NO4. The highest BCUT2D eigenvalue weighted by atomic mass is 16.6. The number of fused-ring (bicyclic) bond motifs is 1. The Morgan fingerprint density at radius 1 is 1.19 bits per heavy atom. The van der Waals surface area contributed by atoms with Crippen molar-refractivity contribution in [1.29, 1.82) is 0 Å². The maximum absolute atomic E-state index is 11.9. The number of hydrogen-bond donors (Lipinski definition) is 2. The Labute approximate surface area is 124 Å². The Kier molecular flexibility index (Phi) is 4.21. The minimum atomic E-state index is -0.898. The molecule has 1 aliphatic rings. The van der Waals surface area contributed by atoms with E-state index in [1.165, 1.54) is 0 Å². The number of carbonyl (C=O) groups excluding carboxylic acids is 1. The number of carboxylic acids is 1. The summed E-state index contributed by atoms with van der Waals surface area (Å²) in [6.07, 6.45) is 0.358. The molecule has 0 spiro atoms. The first-order valence-electron chi connectivity index (χ1n) is 7.05. The summed E-state index contributed by atoms with van der Waals surface area (Å²) in [7, 11) is 0. The van der Waals surface area contributed by atoms with Crippen LogP contribution in [0.4, 0.5) is 4.79 Å². The third kappa shape index (κ3) is 3.97. The van der Waals surface area contributed by atoms with Crippen molar-refractivity contribution in [2.75, 3.05) is 0 Å². The number of aliphatic carboxylic acids is 1. The second kappa shape index (κ2) is 5.76. The molecule has 0 bridgehead atoms. The zero-order valence-corrected chi connectivity index (χ0v) is 12.6. The van der Waals surface area contributed by atoms with E-state index < -0.39 is 29.6 Å². The quantitative estimate of drug-likeness (QED) is 0.877. The average Bonchev–Trinajstić information content (AvgIpc) is 2.35. The first-order chi connectivity index (χ1) is 9.76. The fourth-order valence-corrected chi connectivity index (χ4v) is 2.58. The molecule has 21 heavy (non-hydrogen) atoms. The van der Waals surface area contributed by atoms with Crippen LogP contribution in [0.5, 0.6) is 0 Å². The van der Waals surface area contributed by atoms with Crippen molar-refractivity contribution in [3.63, 3.8) is 0 Å². The summed E-state index contributed by atoms with van der Waals surface area (Å²) in [4.78, 5) is 23.3. The average molecular weight is 291 g/mol. The number of carboxylic acid groups (broad SMARTS) is 1. The van der Waals surface area contributed by atoms with Crippen LogP contribution in [-0.4, -0.2) is 28.8 Å². The van der Waals surface area contributed by atoms with Crippen LogP contribution in [-0.2, 0) is 22.4 Å². The summed E-state index contributed by atoms with van der Waals surface area (Å²) in [5, 5.41) is 12.1. The number of benzene rings is 1. The lowest BCUT2D eigenvalue weighted by Crippen LogP contribution is -2.49. The van der Waals surface area contributed by atoms with Crippen LogP contribution in [0, 0.1) is 5.92 Å². The van der Waals surface area contributed by atoms with Gasteiger partial charge in [0.1, 0.15) is 5.60 Å². The number of nitrogens with one attached hydrogen (secondary N) is 1. The number of ether oxygens (including phenoxy) is 1. The Hall–Kier alpha value is -2.04. The van der Waals surface area contributed by atoms with Gasteiger partial charge in [-0.05, 0) is 44.7 Å². The van der Waals surface area contributed by atoms with E-state index in [1.54, 1.807) is 20.8 Å². The van der Waals surface area contributed by atoms with Gasteiger partial charge in [-0.3, -0.25) is 4.79 Å². The lowest BCUT2D eigenvalue weighted by molar-refractivity contribution is -0.142. The predicted octanol–water partition coefficient (Wildman–Crippen LogP) is 2.38. The van der Waals surface area contributed by atoms with E-state index in [0.717, 1.165) is 11.1 Å². The molecule has 0 radical (unpaired) electrons. The van der Waals surface area contributed by atoms with Crippen molar-refractivity contribution in [3.8, 4) is 0 Å². The minimum Gasteiger partial charge on any atom is -0.481 e. The van der Waals surface area contributed by atoms with E-state index in [1.807, 2.05) is 24.3 Å². The van der Waals surface area contributed by atoms with Crippen LogP contribution in [0.2, 0.25) is 0 Å². The van der Waals surface area contributed by atoms with Crippen molar-refractivity contribution in [3.05, 3.63) is 35.4 Å². The van der Waals surface area contributed by atoms with Gasteiger partial charge in [0.25, 0.3) is 0 Å². The van der Waals surface area contributed by atoms with Crippen molar-refractivity contribution in [1.82, 2.24) is 5.32 Å². The second-order valence-corrected chi connectivity index (χ2v) is 6.37. The van der Waals surface area contributed by atoms with Gasteiger partial charge < -0.3 is 15.2 Å².